The average molecular weight is 351 g/mol. The van der Waals surface area contributed by atoms with Gasteiger partial charge in [-0.2, -0.15) is 0 Å². The average Bonchev–Trinajstić information content (AvgIpc) is 3.43. The minimum atomic E-state index is 0.303. The summed E-state index contributed by atoms with van der Waals surface area (Å²) >= 11 is 0. The zero-order valence-electron chi connectivity index (χ0n) is 15.9. The third-order valence-electron chi connectivity index (χ3n) is 6.08. The zero-order chi connectivity index (χ0) is 17.9. The molecule has 0 bridgehead atoms. The number of aromatic nitrogens is 1. The number of nitrogens with zero attached hydrogens (tertiary/aromatic N) is 2. The van der Waals surface area contributed by atoms with Gasteiger partial charge in [0.05, 0.1) is 6.54 Å². The summed E-state index contributed by atoms with van der Waals surface area (Å²) in [6, 6.07) is 13.3. The normalized spacial score (nSPS) is 18.0. The van der Waals surface area contributed by atoms with Crippen LogP contribution in [0.2, 0.25) is 0 Å². The van der Waals surface area contributed by atoms with E-state index in [-0.39, 0.29) is 0 Å². The molecule has 1 heterocycles. The van der Waals surface area contributed by atoms with Gasteiger partial charge >= 0.3 is 0 Å². The van der Waals surface area contributed by atoms with Crippen LogP contribution in [0, 0.1) is 12.8 Å². The molecule has 0 spiro atoms. The van der Waals surface area contributed by atoms with E-state index in [1.807, 2.05) is 0 Å². The van der Waals surface area contributed by atoms with Crippen LogP contribution in [0.4, 0.5) is 0 Å². The predicted octanol–water partition coefficient (Wildman–Crippen LogP) is 4.92. The van der Waals surface area contributed by atoms with E-state index >= 15 is 0 Å². The Kier molecular flexibility index (Phi) is 5.14. The van der Waals surface area contributed by atoms with Crippen molar-refractivity contribution in [3.8, 4) is 0 Å². The summed E-state index contributed by atoms with van der Waals surface area (Å²) in [4.78, 5) is 15.2. The molecular weight excluding hydrogens is 320 g/mol. The van der Waals surface area contributed by atoms with Crippen molar-refractivity contribution in [1.29, 1.82) is 0 Å². The highest BCUT2D eigenvalue weighted by molar-refractivity contribution is 5.81. The Hall–Kier alpha value is -2.03. The fourth-order valence-electron chi connectivity index (χ4n) is 4.24. The van der Waals surface area contributed by atoms with Gasteiger partial charge in [-0.3, -0.25) is 4.79 Å². The first-order chi connectivity index (χ1) is 12.7. The molecule has 1 aromatic carbocycles. The van der Waals surface area contributed by atoms with Gasteiger partial charge in [0, 0.05) is 30.4 Å². The second-order valence-corrected chi connectivity index (χ2v) is 8.09. The van der Waals surface area contributed by atoms with Crippen molar-refractivity contribution in [3.05, 3.63) is 59.4 Å². The van der Waals surface area contributed by atoms with E-state index in [1.54, 1.807) is 0 Å². The lowest BCUT2D eigenvalue weighted by Gasteiger charge is -2.35. The first-order valence-corrected chi connectivity index (χ1v) is 10.2. The molecule has 26 heavy (non-hydrogen) atoms. The topological polar surface area (TPSA) is 25.2 Å². The number of rotatable bonds is 6. The van der Waals surface area contributed by atoms with E-state index in [2.05, 4.69) is 59.0 Å². The summed E-state index contributed by atoms with van der Waals surface area (Å²) in [7, 11) is 0. The molecule has 138 valence electrons. The molecule has 2 aliphatic carbocycles. The summed E-state index contributed by atoms with van der Waals surface area (Å²) in [5.41, 5.74) is 3.93. The Morgan fingerprint density at radius 2 is 1.81 bits per heavy atom. The summed E-state index contributed by atoms with van der Waals surface area (Å²) in [6.45, 7) is 3.81. The Balaban J connectivity index is 1.53. The lowest BCUT2D eigenvalue weighted by molar-refractivity contribution is -0.136. The van der Waals surface area contributed by atoms with E-state index in [1.165, 1.54) is 48.9 Å². The van der Waals surface area contributed by atoms with Crippen molar-refractivity contribution in [3.63, 3.8) is 0 Å². The molecule has 3 heteroatoms. The third kappa shape index (κ3) is 3.87. The molecule has 0 aliphatic heterocycles. The highest BCUT2D eigenvalue weighted by Gasteiger charge is 2.36. The SMILES string of the molecule is Cc1ccccc1Cn1cccc1CN(C(=O)C1CC1)C1CCCCC1. The van der Waals surface area contributed by atoms with Crippen LogP contribution in [0.3, 0.4) is 0 Å². The molecule has 0 radical (unpaired) electrons. The Bertz CT molecular complexity index is 753. The minimum absolute atomic E-state index is 0.303. The Labute approximate surface area is 157 Å². The zero-order valence-corrected chi connectivity index (χ0v) is 15.9. The highest BCUT2D eigenvalue weighted by Crippen LogP contribution is 2.34. The van der Waals surface area contributed by atoms with Crippen molar-refractivity contribution in [2.24, 2.45) is 5.92 Å². The third-order valence-corrected chi connectivity index (χ3v) is 6.08. The smallest absolute Gasteiger partial charge is 0.226 e. The Morgan fingerprint density at radius 1 is 1.04 bits per heavy atom. The first-order valence-electron chi connectivity index (χ1n) is 10.2. The molecule has 0 N–H and O–H groups in total. The van der Waals surface area contributed by atoms with Gasteiger partial charge in [0.1, 0.15) is 0 Å². The van der Waals surface area contributed by atoms with Crippen LogP contribution in [0.1, 0.15) is 61.8 Å². The van der Waals surface area contributed by atoms with Crippen LogP contribution in [0.5, 0.6) is 0 Å². The van der Waals surface area contributed by atoms with Gasteiger partial charge in [-0.25, -0.2) is 0 Å². The summed E-state index contributed by atoms with van der Waals surface area (Å²) in [5, 5.41) is 0. The van der Waals surface area contributed by atoms with Crippen LogP contribution in [-0.4, -0.2) is 21.4 Å². The molecular formula is C23H30N2O. The van der Waals surface area contributed by atoms with Crippen LogP contribution >= 0.6 is 0 Å². The number of amides is 1. The molecule has 1 amide bonds. The minimum Gasteiger partial charge on any atom is -0.345 e. The first kappa shape index (κ1) is 17.4. The van der Waals surface area contributed by atoms with Crippen LogP contribution in [-0.2, 0) is 17.9 Å². The maximum absolute atomic E-state index is 13.0. The molecule has 2 fully saturated rings. The number of aryl methyl sites for hydroxylation is 1. The number of carbonyl (C=O) groups excluding carboxylic acids is 1. The highest BCUT2D eigenvalue weighted by atomic mass is 16.2. The van der Waals surface area contributed by atoms with Crippen molar-refractivity contribution in [1.82, 2.24) is 9.47 Å². The molecule has 2 saturated carbocycles. The molecule has 1 aromatic heterocycles. The summed E-state index contributed by atoms with van der Waals surface area (Å²) < 4.78 is 2.32. The second kappa shape index (κ2) is 7.69. The monoisotopic (exact) mass is 350 g/mol. The van der Waals surface area contributed by atoms with Gasteiger partial charge in [0.25, 0.3) is 0 Å². The van der Waals surface area contributed by atoms with Crippen molar-refractivity contribution < 1.29 is 4.79 Å². The molecule has 0 atom stereocenters. The van der Waals surface area contributed by atoms with Crippen molar-refractivity contribution in [2.75, 3.05) is 0 Å². The van der Waals surface area contributed by atoms with E-state index in [4.69, 9.17) is 0 Å². The summed E-state index contributed by atoms with van der Waals surface area (Å²) in [6.07, 6.45) is 10.5. The molecule has 2 aromatic rings. The quantitative estimate of drug-likeness (QED) is 0.726. The fraction of sp³-hybridized carbons (Fsp3) is 0.522. The molecule has 0 saturated heterocycles. The van der Waals surface area contributed by atoms with Crippen LogP contribution in [0.15, 0.2) is 42.6 Å². The van der Waals surface area contributed by atoms with Gasteiger partial charge in [-0.15, -0.1) is 0 Å². The van der Waals surface area contributed by atoms with Gasteiger partial charge in [-0.1, -0.05) is 43.5 Å². The standard InChI is InChI=1S/C23H30N2O/c1-18-8-5-6-9-20(18)16-24-15-7-12-22(24)17-25(23(26)19-13-14-19)21-10-3-2-4-11-21/h5-9,12,15,19,21H,2-4,10-11,13-14,16-17H2,1H3. The fourth-order valence-corrected chi connectivity index (χ4v) is 4.24. The molecule has 0 unspecified atom stereocenters. The van der Waals surface area contributed by atoms with E-state index in [0.717, 1.165) is 25.9 Å². The molecule has 2 aliphatic rings. The number of hydrogen-bond donors (Lipinski definition) is 0. The van der Waals surface area contributed by atoms with Crippen LogP contribution in [0.25, 0.3) is 0 Å². The maximum atomic E-state index is 13.0. The van der Waals surface area contributed by atoms with Crippen molar-refractivity contribution in [2.45, 2.75) is 71.0 Å². The van der Waals surface area contributed by atoms with Gasteiger partial charge in [0.15, 0.2) is 0 Å². The van der Waals surface area contributed by atoms with Crippen molar-refractivity contribution >= 4 is 5.91 Å². The number of carbonyl (C=O) groups is 1. The lowest BCUT2D eigenvalue weighted by Crippen LogP contribution is -2.42. The van der Waals surface area contributed by atoms with E-state index in [0.29, 0.717) is 17.9 Å². The molecule has 3 nitrogen and oxygen atoms in total. The van der Waals surface area contributed by atoms with Gasteiger partial charge in [-0.05, 0) is 55.9 Å². The molecule has 4 rings (SSSR count). The van der Waals surface area contributed by atoms with E-state index in [9.17, 15) is 4.79 Å². The van der Waals surface area contributed by atoms with E-state index < -0.39 is 0 Å². The lowest BCUT2D eigenvalue weighted by atomic mass is 9.93. The summed E-state index contributed by atoms with van der Waals surface area (Å²) in [5.74, 6) is 0.706. The largest absolute Gasteiger partial charge is 0.345 e. The number of benzene rings is 1. The predicted molar refractivity (Wildman–Crippen MR) is 105 cm³/mol. The second-order valence-electron chi connectivity index (χ2n) is 8.09. The van der Waals surface area contributed by atoms with Gasteiger partial charge < -0.3 is 9.47 Å². The maximum Gasteiger partial charge on any atom is 0.226 e. The van der Waals surface area contributed by atoms with Crippen LogP contribution < -0.4 is 0 Å². The number of hydrogen-bond acceptors (Lipinski definition) is 1. The van der Waals surface area contributed by atoms with Gasteiger partial charge in [0.2, 0.25) is 5.91 Å². The Morgan fingerprint density at radius 3 is 2.54 bits per heavy atom.